The molecule has 1 aromatic carbocycles. The number of halogens is 1. The van der Waals surface area contributed by atoms with Gasteiger partial charge in [-0.25, -0.2) is 4.39 Å². The third-order valence-electron chi connectivity index (χ3n) is 3.73. The Bertz CT molecular complexity index is 392. The fraction of sp³-hybridized carbons (Fsp3) is 0.600. The zero-order valence-corrected chi connectivity index (χ0v) is 10.9. The van der Waals surface area contributed by atoms with E-state index >= 15 is 0 Å². The normalized spacial score (nSPS) is 23.9. The SMILES string of the molecule is CCC1CCCC(Oc2cc(F)cc(CO)c2)C1. The van der Waals surface area contributed by atoms with Crippen molar-refractivity contribution < 1.29 is 14.2 Å². The van der Waals surface area contributed by atoms with Gasteiger partial charge in [0, 0.05) is 6.07 Å². The molecule has 0 aliphatic heterocycles. The van der Waals surface area contributed by atoms with Crippen LogP contribution in [0.4, 0.5) is 4.39 Å². The minimum atomic E-state index is -0.348. The van der Waals surface area contributed by atoms with Gasteiger partial charge in [-0.3, -0.25) is 0 Å². The van der Waals surface area contributed by atoms with Crippen molar-refractivity contribution in [2.75, 3.05) is 0 Å². The average molecular weight is 252 g/mol. The topological polar surface area (TPSA) is 29.5 Å². The third kappa shape index (κ3) is 3.45. The van der Waals surface area contributed by atoms with Gasteiger partial charge in [-0.05, 0) is 42.9 Å². The molecule has 100 valence electrons. The first-order valence-electron chi connectivity index (χ1n) is 6.78. The van der Waals surface area contributed by atoms with Gasteiger partial charge in [-0.15, -0.1) is 0 Å². The molecule has 1 saturated carbocycles. The molecular weight excluding hydrogens is 231 g/mol. The molecule has 0 bridgehead atoms. The van der Waals surface area contributed by atoms with E-state index in [1.54, 1.807) is 6.07 Å². The van der Waals surface area contributed by atoms with Crippen molar-refractivity contribution >= 4 is 0 Å². The number of aliphatic hydroxyl groups is 1. The van der Waals surface area contributed by atoms with Gasteiger partial charge < -0.3 is 9.84 Å². The van der Waals surface area contributed by atoms with Crippen LogP contribution < -0.4 is 4.74 Å². The Morgan fingerprint density at radius 3 is 2.89 bits per heavy atom. The van der Waals surface area contributed by atoms with Crippen LogP contribution in [0.15, 0.2) is 18.2 Å². The lowest BCUT2D eigenvalue weighted by Crippen LogP contribution is -2.25. The standard InChI is InChI=1S/C15H21FO2/c1-2-11-4-3-5-14(7-11)18-15-8-12(10-17)6-13(16)9-15/h6,8-9,11,14,17H,2-5,7,10H2,1H3. The Kier molecular flexibility index (Phi) is 4.59. The summed E-state index contributed by atoms with van der Waals surface area (Å²) in [6, 6.07) is 4.45. The molecule has 2 rings (SSSR count). The Labute approximate surface area is 108 Å². The second kappa shape index (κ2) is 6.19. The molecule has 3 heteroatoms. The zero-order chi connectivity index (χ0) is 13.0. The maximum atomic E-state index is 13.3. The summed E-state index contributed by atoms with van der Waals surface area (Å²) in [5.74, 6) is 0.926. The van der Waals surface area contributed by atoms with Crippen molar-refractivity contribution in [2.45, 2.75) is 51.7 Å². The first kappa shape index (κ1) is 13.3. The van der Waals surface area contributed by atoms with E-state index in [2.05, 4.69) is 6.92 Å². The summed E-state index contributed by atoms with van der Waals surface area (Å²) in [6.07, 6.45) is 5.94. The molecule has 0 aromatic heterocycles. The number of hydrogen-bond donors (Lipinski definition) is 1. The Morgan fingerprint density at radius 2 is 2.17 bits per heavy atom. The molecule has 1 aliphatic carbocycles. The number of benzene rings is 1. The molecule has 18 heavy (non-hydrogen) atoms. The summed E-state index contributed by atoms with van der Waals surface area (Å²) in [5.41, 5.74) is 0.563. The van der Waals surface area contributed by atoms with Crippen LogP contribution in [-0.2, 0) is 6.61 Å². The molecular formula is C15H21FO2. The van der Waals surface area contributed by atoms with Crippen molar-refractivity contribution in [1.82, 2.24) is 0 Å². The first-order valence-corrected chi connectivity index (χ1v) is 6.78. The molecule has 2 atom stereocenters. The fourth-order valence-electron chi connectivity index (χ4n) is 2.69. The number of ether oxygens (including phenoxy) is 1. The van der Waals surface area contributed by atoms with E-state index in [9.17, 15) is 4.39 Å². The highest BCUT2D eigenvalue weighted by atomic mass is 19.1. The minimum absolute atomic E-state index is 0.156. The number of hydrogen-bond acceptors (Lipinski definition) is 2. The van der Waals surface area contributed by atoms with Gasteiger partial charge >= 0.3 is 0 Å². The monoisotopic (exact) mass is 252 g/mol. The van der Waals surface area contributed by atoms with E-state index in [0.717, 1.165) is 18.8 Å². The van der Waals surface area contributed by atoms with Crippen LogP contribution >= 0.6 is 0 Å². The maximum absolute atomic E-state index is 13.3. The Hall–Kier alpha value is -1.09. The lowest BCUT2D eigenvalue weighted by atomic mass is 9.85. The van der Waals surface area contributed by atoms with Crippen LogP contribution in [0.3, 0.4) is 0 Å². The second-order valence-electron chi connectivity index (χ2n) is 5.13. The van der Waals surface area contributed by atoms with Gasteiger partial charge in [0.2, 0.25) is 0 Å². The molecule has 1 aliphatic rings. The van der Waals surface area contributed by atoms with Crippen molar-refractivity contribution in [2.24, 2.45) is 5.92 Å². The Morgan fingerprint density at radius 1 is 1.33 bits per heavy atom. The summed E-state index contributed by atoms with van der Waals surface area (Å²) >= 11 is 0. The van der Waals surface area contributed by atoms with Crippen molar-refractivity contribution in [3.8, 4) is 5.75 Å². The molecule has 1 aromatic rings. The van der Waals surface area contributed by atoms with Crippen LogP contribution in [0.1, 0.15) is 44.6 Å². The van der Waals surface area contributed by atoms with Gasteiger partial charge in [-0.2, -0.15) is 0 Å². The van der Waals surface area contributed by atoms with Gasteiger partial charge in [0.1, 0.15) is 11.6 Å². The summed E-state index contributed by atoms with van der Waals surface area (Å²) in [6.45, 7) is 2.05. The first-order chi connectivity index (χ1) is 8.71. The molecule has 0 heterocycles. The van der Waals surface area contributed by atoms with E-state index in [4.69, 9.17) is 9.84 Å². The largest absolute Gasteiger partial charge is 0.490 e. The lowest BCUT2D eigenvalue weighted by molar-refractivity contribution is 0.121. The van der Waals surface area contributed by atoms with E-state index < -0.39 is 0 Å². The molecule has 0 spiro atoms. The summed E-state index contributed by atoms with van der Waals surface area (Å²) in [4.78, 5) is 0. The smallest absolute Gasteiger partial charge is 0.127 e. The molecule has 1 fully saturated rings. The predicted molar refractivity (Wildman–Crippen MR) is 69.0 cm³/mol. The molecule has 0 amide bonds. The number of rotatable bonds is 4. The predicted octanol–water partition coefficient (Wildman–Crippen LogP) is 3.67. The van der Waals surface area contributed by atoms with Crippen LogP contribution in [0.2, 0.25) is 0 Å². The quantitative estimate of drug-likeness (QED) is 0.886. The van der Waals surface area contributed by atoms with Crippen molar-refractivity contribution in [3.63, 3.8) is 0 Å². The van der Waals surface area contributed by atoms with Crippen LogP contribution in [0, 0.1) is 11.7 Å². The third-order valence-corrected chi connectivity index (χ3v) is 3.73. The number of aliphatic hydroxyl groups excluding tert-OH is 1. The fourth-order valence-corrected chi connectivity index (χ4v) is 2.69. The zero-order valence-electron chi connectivity index (χ0n) is 10.9. The van der Waals surface area contributed by atoms with Crippen LogP contribution in [-0.4, -0.2) is 11.2 Å². The van der Waals surface area contributed by atoms with Gasteiger partial charge in [0.15, 0.2) is 0 Å². The highest BCUT2D eigenvalue weighted by Crippen LogP contribution is 2.30. The molecule has 0 saturated heterocycles. The van der Waals surface area contributed by atoms with Crippen LogP contribution in [0.5, 0.6) is 5.75 Å². The van der Waals surface area contributed by atoms with E-state index in [1.165, 1.54) is 31.4 Å². The van der Waals surface area contributed by atoms with Gasteiger partial charge in [0.05, 0.1) is 12.7 Å². The van der Waals surface area contributed by atoms with E-state index in [-0.39, 0.29) is 18.5 Å². The van der Waals surface area contributed by atoms with Gasteiger partial charge in [-0.1, -0.05) is 19.8 Å². The molecule has 1 N–H and O–H groups in total. The second-order valence-corrected chi connectivity index (χ2v) is 5.13. The minimum Gasteiger partial charge on any atom is -0.490 e. The van der Waals surface area contributed by atoms with Gasteiger partial charge in [0.25, 0.3) is 0 Å². The van der Waals surface area contributed by atoms with Crippen LogP contribution in [0.25, 0.3) is 0 Å². The Balaban J connectivity index is 2.02. The summed E-state index contributed by atoms with van der Waals surface area (Å²) < 4.78 is 19.2. The highest BCUT2D eigenvalue weighted by Gasteiger charge is 2.22. The summed E-state index contributed by atoms with van der Waals surface area (Å²) in [7, 11) is 0. The maximum Gasteiger partial charge on any atom is 0.127 e. The highest BCUT2D eigenvalue weighted by molar-refractivity contribution is 5.29. The lowest BCUT2D eigenvalue weighted by Gasteiger charge is -2.29. The van der Waals surface area contributed by atoms with E-state index in [0.29, 0.717) is 11.3 Å². The van der Waals surface area contributed by atoms with E-state index in [1.807, 2.05) is 0 Å². The van der Waals surface area contributed by atoms with Crippen molar-refractivity contribution in [3.05, 3.63) is 29.6 Å². The molecule has 0 radical (unpaired) electrons. The van der Waals surface area contributed by atoms with Crippen molar-refractivity contribution in [1.29, 1.82) is 0 Å². The average Bonchev–Trinajstić information content (AvgIpc) is 2.38. The molecule has 2 nitrogen and oxygen atoms in total. The molecule has 2 unspecified atom stereocenters. The summed E-state index contributed by atoms with van der Waals surface area (Å²) in [5, 5.41) is 9.05.